The molecule has 1 fully saturated rings. The first-order valence-corrected chi connectivity index (χ1v) is 10.3. The third-order valence-corrected chi connectivity index (χ3v) is 5.93. The number of aromatic nitrogens is 2. The fourth-order valence-corrected chi connectivity index (χ4v) is 4.29. The molecule has 1 aromatic heterocycles. The maximum Gasteiger partial charge on any atom is 0.274 e. The molecule has 0 unspecified atom stereocenters. The number of fused-ring (bicyclic) bond motifs is 1. The highest BCUT2D eigenvalue weighted by molar-refractivity contribution is 5.94. The summed E-state index contributed by atoms with van der Waals surface area (Å²) in [7, 11) is 5.46. The molecule has 1 aromatic carbocycles. The topological polar surface area (TPSA) is 61.7 Å². The van der Waals surface area contributed by atoms with Gasteiger partial charge in [0.25, 0.3) is 11.8 Å². The Bertz CT molecular complexity index is 910. The summed E-state index contributed by atoms with van der Waals surface area (Å²) in [5.41, 5.74) is 4.75. The van der Waals surface area contributed by atoms with Crippen molar-refractivity contribution in [1.82, 2.24) is 24.5 Å². The Kier molecular flexibility index (Phi) is 5.41. The van der Waals surface area contributed by atoms with Crippen molar-refractivity contribution in [2.24, 2.45) is 7.05 Å². The minimum absolute atomic E-state index is 0.0135. The SMILES string of the molecule is CN(C)C(=O)c1ccc(CN2CCc3c(c(C(=O)N4CCCC4)nn3C)C2)cc1. The molecule has 0 aliphatic carbocycles. The van der Waals surface area contributed by atoms with E-state index < -0.39 is 0 Å². The number of benzene rings is 1. The lowest BCUT2D eigenvalue weighted by molar-refractivity contribution is 0.0782. The summed E-state index contributed by atoms with van der Waals surface area (Å²) in [6, 6.07) is 7.82. The second-order valence-electron chi connectivity index (χ2n) is 8.25. The van der Waals surface area contributed by atoms with Gasteiger partial charge in [-0.2, -0.15) is 5.10 Å². The van der Waals surface area contributed by atoms with Gasteiger partial charge in [-0.15, -0.1) is 0 Å². The standard InChI is InChI=1S/C22H29N5O2/c1-24(2)21(28)17-8-6-16(7-9-17)14-26-13-10-19-18(15-26)20(23-25(19)3)22(29)27-11-4-5-12-27/h6-9H,4-5,10-15H2,1-3H3. The maximum absolute atomic E-state index is 12.9. The second-order valence-corrected chi connectivity index (χ2v) is 8.25. The van der Waals surface area contributed by atoms with Gasteiger partial charge in [-0.1, -0.05) is 12.1 Å². The number of amides is 2. The molecule has 0 atom stereocenters. The van der Waals surface area contributed by atoms with E-state index >= 15 is 0 Å². The van der Waals surface area contributed by atoms with E-state index in [1.807, 2.05) is 40.9 Å². The average Bonchev–Trinajstić information content (AvgIpc) is 3.36. The Hall–Kier alpha value is -2.67. The van der Waals surface area contributed by atoms with Crippen LogP contribution in [0.2, 0.25) is 0 Å². The highest BCUT2D eigenvalue weighted by Gasteiger charge is 2.30. The summed E-state index contributed by atoms with van der Waals surface area (Å²) in [5, 5.41) is 4.58. The van der Waals surface area contributed by atoms with Crippen molar-refractivity contribution in [3.8, 4) is 0 Å². The quantitative estimate of drug-likeness (QED) is 0.794. The first-order valence-electron chi connectivity index (χ1n) is 10.3. The van der Waals surface area contributed by atoms with Gasteiger partial charge in [0.2, 0.25) is 0 Å². The molecule has 4 rings (SSSR count). The van der Waals surface area contributed by atoms with Crippen LogP contribution < -0.4 is 0 Å². The van der Waals surface area contributed by atoms with Gasteiger partial charge in [-0.05, 0) is 30.5 Å². The van der Waals surface area contributed by atoms with Crippen LogP contribution in [0.25, 0.3) is 0 Å². The second kappa shape index (κ2) is 7.99. The molecule has 1 saturated heterocycles. The Morgan fingerprint density at radius 2 is 1.76 bits per heavy atom. The third kappa shape index (κ3) is 3.92. The smallest absolute Gasteiger partial charge is 0.274 e. The van der Waals surface area contributed by atoms with Crippen LogP contribution in [0.4, 0.5) is 0 Å². The molecule has 2 amide bonds. The number of aryl methyl sites for hydroxylation is 1. The maximum atomic E-state index is 12.9. The van der Waals surface area contributed by atoms with Gasteiger partial charge in [0.1, 0.15) is 0 Å². The van der Waals surface area contributed by atoms with E-state index in [1.54, 1.807) is 19.0 Å². The Morgan fingerprint density at radius 1 is 1.07 bits per heavy atom. The van der Waals surface area contributed by atoms with Crippen LogP contribution in [0, 0.1) is 0 Å². The molecule has 7 heteroatoms. The molecule has 2 aromatic rings. The van der Waals surface area contributed by atoms with Gasteiger partial charge in [0, 0.05) is 77.1 Å². The van der Waals surface area contributed by atoms with Crippen molar-refractivity contribution in [2.75, 3.05) is 33.7 Å². The van der Waals surface area contributed by atoms with Crippen molar-refractivity contribution in [3.63, 3.8) is 0 Å². The van der Waals surface area contributed by atoms with Gasteiger partial charge in [0.15, 0.2) is 5.69 Å². The highest BCUT2D eigenvalue weighted by atomic mass is 16.2. The average molecular weight is 396 g/mol. The van der Waals surface area contributed by atoms with E-state index in [0.717, 1.165) is 57.5 Å². The van der Waals surface area contributed by atoms with E-state index in [1.165, 1.54) is 11.3 Å². The largest absolute Gasteiger partial charge is 0.345 e. The summed E-state index contributed by atoms with van der Waals surface area (Å²) < 4.78 is 1.89. The number of nitrogens with zero attached hydrogens (tertiary/aromatic N) is 5. The molecule has 7 nitrogen and oxygen atoms in total. The third-order valence-electron chi connectivity index (χ3n) is 5.93. The van der Waals surface area contributed by atoms with Crippen LogP contribution in [0.3, 0.4) is 0 Å². The van der Waals surface area contributed by atoms with Crippen molar-refractivity contribution < 1.29 is 9.59 Å². The van der Waals surface area contributed by atoms with Gasteiger partial charge in [-0.3, -0.25) is 19.2 Å². The predicted octanol–water partition coefficient (Wildman–Crippen LogP) is 1.92. The zero-order valence-electron chi connectivity index (χ0n) is 17.5. The molecule has 2 aliphatic heterocycles. The van der Waals surface area contributed by atoms with Crippen molar-refractivity contribution in [3.05, 3.63) is 52.3 Å². The highest BCUT2D eigenvalue weighted by Crippen LogP contribution is 2.25. The molecule has 0 N–H and O–H groups in total. The minimum atomic E-state index is 0.0135. The number of hydrogen-bond acceptors (Lipinski definition) is 4. The van der Waals surface area contributed by atoms with Gasteiger partial charge >= 0.3 is 0 Å². The Morgan fingerprint density at radius 3 is 2.41 bits per heavy atom. The van der Waals surface area contributed by atoms with Gasteiger partial charge in [-0.25, -0.2) is 0 Å². The number of likely N-dealkylation sites (tertiary alicyclic amines) is 1. The van der Waals surface area contributed by atoms with E-state index in [4.69, 9.17) is 0 Å². The lowest BCUT2D eigenvalue weighted by Gasteiger charge is -2.28. The van der Waals surface area contributed by atoms with Crippen molar-refractivity contribution in [2.45, 2.75) is 32.4 Å². The Labute approximate surface area is 171 Å². The number of carbonyl (C=O) groups is 2. The molecule has 3 heterocycles. The zero-order chi connectivity index (χ0) is 20.5. The fraction of sp³-hybridized carbons (Fsp3) is 0.500. The van der Waals surface area contributed by atoms with E-state index in [-0.39, 0.29) is 11.8 Å². The molecular weight excluding hydrogens is 366 g/mol. The molecule has 2 aliphatic rings. The summed E-state index contributed by atoms with van der Waals surface area (Å²) in [6.45, 7) is 4.14. The first-order chi connectivity index (χ1) is 13.9. The lowest BCUT2D eigenvalue weighted by atomic mass is 10.0. The van der Waals surface area contributed by atoms with Crippen molar-refractivity contribution in [1.29, 1.82) is 0 Å². The molecule has 0 saturated carbocycles. The summed E-state index contributed by atoms with van der Waals surface area (Å²) in [5.74, 6) is 0.0901. The monoisotopic (exact) mass is 395 g/mol. The molecule has 29 heavy (non-hydrogen) atoms. The summed E-state index contributed by atoms with van der Waals surface area (Å²) in [4.78, 5) is 30.9. The van der Waals surface area contributed by atoms with Crippen molar-refractivity contribution >= 4 is 11.8 Å². The lowest BCUT2D eigenvalue weighted by Crippen LogP contribution is -2.33. The summed E-state index contributed by atoms with van der Waals surface area (Å²) >= 11 is 0. The predicted molar refractivity (Wildman–Crippen MR) is 111 cm³/mol. The van der Waals surface area contributed by atoms with E-state index in [0.29, 0.717) is 11.3 Å². The van der Waals surface area contributed by atoms with Crippen LogP contribution in [0.1, 0.15) is 50.5 Å². The van der Waals surface area contributed by atoms with E-state index in [9.17, 15) is 9.59 Å². The van der Waals surface area contributed by atoms with Crippen LogP contribution >= 0.6 is 0 Å². The minimum Gasteiger partial charge on any atom is -0.345 e. The number of carbonyl (C=O) groups excluding carboxylic acids is 2. The zero-order valence-corrected chi connectivity index (χ0v) is 17.5. The number of rotatable bonds is 4. The number of hydrogen-bond donors (Lipinski definition) is 0. The normalized spacial score (nSPS) is 16.7. The molecule has 0 spiro atoms. The molecule has 0 radical (unpaired) electrons. The summed E-state index contributed by atoms with van der Waals surface area (Å²) in [6.07, 6.45) is 3.06. The fourth-order valence-electron chi connectivity index (χ4n) is 4.29. The first kappa shape index (κ1) is 19.6. The van der Waals surface area contributed by atoms with Gasteiger partial charge < -0.3 is 9.80 Å². The van der Waals surface area contributed by atoms with Crippen LogP contribution in [0.15, 0.2) is 24.3 Å². The van der Waals surface area contributed by atoms with Crippen LogP contribution in [-0.4, -0.2) is 70.0 Å². The van der Waals surface area contributed by atoms with Crippen LogP contribution in [-0.2, 0) is 26.6 Å². The molecule has 154 valence electrons. The van der Waals surface area contributed by atoms with Gasteiger partial charge in [0.05, 0.1) is 0 Å². The van der Waals surface area contributed by atoms with Crippen LogP contribution in [0.5, 0.6) is 0 Å². The molecule has 0 bridgehead atoms. The Balaban J connectivity index is 1.48. The van der Waals surface area contributed by atoms with E-state index in [2.05, 4.69) is 10.00 Å². The molecular formula is C22H29N5O2.